The lowest BCUT2D eigenvalue weighted by molar-refractivity contribution is 0.0952. The van der Waals surface area contributed by atoms with Crippen molar-refractivity contribution in [2.45, 2.75) is 12.8 Å². The fourth-order valence-electron chi connectivity index (χ4n) is 1.73. The Hall–Kier alpha value is -1.89. The van der Waals surface area contributed by atoms with Gasteiger partial charge in [-0.1, -0.05) is 6.07 Å². The third-order valence-electron chi connectivity index (χ3n) is 2.77. The summed E-state index contributed by atoms with van der Waals surface area (Å²) in [6.07, 6.45) is 6.40. The van der Waals surface area contributed by atoms with Gasteiger partial charge in [0.15, 0.2) is 0 Å². The highest BCUT2D eigenvalue weighted by Gasteiger charge is 2.07. The van der Waals surface area contributed by atoms with Gasteiger partial charge < -0.3 is 15.8 Å². The van der Waals surface area contributed by atoms with Gasteiger partial charge in [0.25, 0.3) is 5.91 Å². The van der Waals surface area contributed by atoms with Crippen LogP contribution >= 0.6 is 24.8 Å². The lowest BCUT2D eigenvalue weighted by atomic mass is 10.2. The van der Waals surface area contributed by atoms with Crippen LogP contribution in [0.25, 0.3) is 0 Å². The zero-order valence-electron chi connectivity index (χ0n) is 12.5. The Balaban J connectivity index is 0.00000242. The van der Waals surface area contributed by atoms with Gasteiger partial charge in [-0.3, -0.25) is 9.78 Å². The first-order valence-corrected chi connectivity index (χ1v) is 6.82. The summed E-state index contributed by atoms with van der Waals surface area (Å²) >= 11 is 0. The van der Waals surface area contributed by atoms with Gasteiger partial charge in [-0.25, -0.2) is 4.98 Å². The molecule has 0 saturated heterocycles. The van der Waals surface area contributed by atoms with Gasteiger partial charge in [0.1, 0.15) is 5.75 Å². The van der Waals surface area contributed by atoms with Crippen LogP contribution in [0.1, 0.15) is 23.2 Å². The van der Waals surface area contributed by atoms with Crippen LogP contribution in [-0.4, -0.2) is 29.0 Å². The van der Waals surface area contributed by atoms with Crippen molar-refractivity contribution in [3.05, 3.63) is 48.4 Å². The molecule has 0 bridgehead atoms. The van der Waals surface area contributed by atoms with Crippen LogP contribution in [0.15, 0.2) is 42.9 Å². The van der Waals surface area contributed by atoms with E-state index >= 15 is 0 Å². The van der Waals surface area contributed by atoms with Crippen molar-refractivity contribution in [2.24, 2.45) is 5.73 Å². The first-order valence-electron chi connectivity index (χ1n) is 6.82. The minimum absolute atomic E-state index is 0. The highest BCUT2D eigenvalue weighted by Crippen LogP contribution is 2.19. The maximum absolute atomic E-state index is 12.0. The topological polar surface area (TPSA) is 90.1 Å². The average molecular weight is 359 g/mol. The molecule has 0 aliphatic rings. The molecule has 0 fully saturated rings. The van der Waals surface area contributed by atoms with E-state index in [4.69, 9.17) is 10.5 Å². The number of halogens is 2. The second-order valence-electron chi connectivity index (χ2n) is 4.43. The number of rotatable bonds is 7. The van der Waals surface area contributed by atoms with Crippen LogP contribution < -0.4 is 15.8 Å². The van der Waals surface area contributed by atoms with E-state index in [1.807, 2.05) is 0 Å². The summed E-state index contributed by atoms with van der Waals surface area (Å²) in [5.41, 5.74) is 5.95. The van der Waals surface area contributed by atoms with E-state index in [9.17, 15) is 4.79 Å². The first kappa shape index (κ1) is 21.1. The Labute approximate surface area is 147 Å². The van der Waals surface area contributed by atoms with Crippen molar-refractivity contribution in [1.82, 2.24) is 15.3 Å². The molecule has 1 aromatic heterocycles. The van der Waals surface area contributed by atoms with Crippen LogP contribution in [0.3, 0.4) is 0 Å². The number of aromatic nitrogens is 2. The monoisotopic (exact) mass is 358 g/mol. The standard InChI is InChI=1S/C15H18N4O2.2ClH/c16-6-1-2-7-19-15(20)12-4-3-5-13(10-12)21-14-11-17-8-9-18-14;;/h3-5,8-11H,1-2,6-7,16H2,(H,19,20);2*1H. The van der Waals surface area contributed by atoms with E-state index in [1.54, 1.807) is 36.7 Å². The number of amides is 1. The number of nitrogens with one attached hydrogen (secondary N) is 1. The summed E-state index contributed by atoms with van der Waals surface area (Å²) in [6, 6.07) is 6.94. The largest absolute Gasteiger partial charge is 0.437 e. The number of hydrogen-bond acceptors (Lipinski definition) is 5. The minimum atomic E-state index is -0.128. The zero-order chi connectivity index (χ0) is 14.9. The van der Waals surface area contributed by atoms with E-state index in [2.05, 4.69) is 15.3 Å². The fourth-order valence-corrected chi connectivity index (χ4v) is 1.73. The molecule has 2 rings (SSSR count). The third kappa shape index (κ3) is 7.27. The van der Waals surface area contributed by atoms with Crippen molar-refractivity contribution in [3.8, 4) is 11.6 Å². The van der Waals surface area contributed by atoms with Crippen LogP contribution in [0.4, 0.5) is 0 Å². The zero-order valence-corrected chi connectivity index (χ0v) is 14.1. The molecule has 3 N–H and O–H groups in total. The Morgan fingerprint density at radius 1 is 1.22 bits per heavy atom. The number of nitrogens with zero attached hydrogens (tertiary/aromatic N) is 2. The van der Waals surface area contributed by atoms with Crippen LogP contribution in [0.2, 0.25) is 0 Å². The maximum atomic E-state index is 12.0. The normalized spacial score (nSPS) is 9.26. The first-order chi connectivity index (χ1) is 10.3. The molecule has 1 aromatic carbocycles. The van der Waals surface area contributed by atoms with Crippen molar-refractivity contribution in [1.29, 1.82) is 0 Å². The van der Waals surface area contributed by atoms with E-state index < -0.39 is 0 Å². The van der Waals surface area contributed by atoms with Crippen molar-refractivity contribution < 1.29 is 9.53 Å². The quantitative estimate of drug-likeness (QED) is 0.742. The maximum Gasteiger partial charge on any atom is 0.251 e. The summed E-state index contributed by atoms with van der Waals surface area (Å²) in [5, 5.41) is 2.85. The number of carbonyl (C=O) groups is 1. The lowest BCUT2D eigenvalue weighted by Crippen LogP contribution is -2.24. The number of unbranched alkanes of at least 4 members (excludes halogenated alkanes) is 1. The molecule has 0 spiro atoms. The Kier molecular flexibility index (Phi) is 10.7. The molecule has 0 saturated carbocycles. The van der Waals surface area contributed by atoms with Gasteiger partial charge in [0.2, 0.25) is 5.88 Å². The number of hydrogen-bond donors (Lipinski definition) is 2. The molecule has 0 aliphatic heterocycles. The molecule has 8 heteroatoms. The SMILES string of the molecule is Cl.Cl.NCCCCNC(=O)c1cccc(Oc2cnccn2)c1. The van der Waals surface area contributed by atoms with Gasteiger partial charge in [-0.05, 0) is 37.6 Å². The Bertz CT molecular complexity index is 585. The molecule has 1 amide bonds. The second kappa shape index (κ2) is 11.6. The summed E-state index contributed by atoms with van der Waals surface area (Å²) in [7, 11) is 0. The van der Waals surface area contributed by atoms with Crippen molar-refractivity contribution in [3.63, 3.8) is 0 Å². The van der Waals surface area contributed by atoms with Gasteiger partial charge >= 0.3 is 0 Å². The van der Waals surface area contributed by atoms with Crippen molar-refractivity contribution >= 4 is 30.7 Å². The highest BCUT2D eigenvalue weighted by atomic mass is 35.5. The molecule has 1 heterocycles. The van der Waals surface area contributed by atoms with Gasteiger partial charge in [0, 0.05) is 24.5 Å². The van der Waals surface area contributed by atoms with E-state index in [-0.39, 0.29) is 30.7 Å². The second-order valence-corrected chi connectivity index (χ2v) is 4.43. The molecule has 0 atom stereocenters. The molecule has 0 radical (unpaired) electrons. The summed E-state index contributed by atoms with van der Waals surface area (Å²) in [6.45, 7) is 1.25. The summed E-state index contributed by atoms with van der Waals surface area (Å²) < 4.78 is 5.54. The molecule has 2 aromatic rings. The van der Waals surface area contributed by atoms with Crippen LogP contribution in [-0.2, 0) is 0 Å². The number of nitrogens with two attached hydrogens (primary N) is 1. The predicted octanol–water partition coefficient (Wildman–Crippen LogP) is 2.58. The summed E-state index contributed by atoms with van der Waals surface area (Å²) in [4.78, 5) is 19.9. The number of carbonyl (C=O) groups excluding carboxylic acids is 1. The fraction of sp³-hybridized carbons (Fsp3) is 0.267. The third-order valence-corrected chi connectivity index (χ3v) is 2.77. The Morgan fingerprint density at radius 2 is 2.04 bits per heavy atom. The Morgan fingerprint density at radius 3 is 2.74 bits per heavy atom. The summed E-state index contributed by atoms with van der Waals surface area (Å²) in [5.74, 6) is 0.805. The van der Waals surface area contributed by atoms with Crippen molar-refractivity contribution in [2.75, 3.05) is 13.1 Å². The molecular weight excluding hydrogens is 339 g/mol. The van der Waals surface area contributed by atoms with Gasteiger partial charge in [-0.2, -0.15) is 0 Å². The van der Waals surface area contributed by atoms with Crippen LogP contribution in [0.5, 0.6) is 11.6 Å². The molecule has 23 heavy (non-hydrogen) atoms. The molecule has 0 aliphatic carbocycles. The molecule has 126 valence electrons. The number of ether oxygens (including phenoxy) is 1. The lowest BCUT2D eigenvalue weighted by Gasteiger charge is -2.07. The molecule has 0 unspecified atom stereocenters. The van der Waals surface area contributed by atoms with Crippen LogP contribution in [0, 0.1) is 0 Å². The smallest absolute Gasteiger partial charge is 0.251 e. The predicted molar refractivity (Wildman–Crippen MR) is 93.7 cm³/mol. The average Bonchev–Trinajstić information content (AvgIpc) is 2.53. The molecular formula is C15H20Cl2N4O2. The van der Waals surface area contributed by atoms with E-state index in [0.717, 1.165) is 12.8 Å². The number of benzene rings is 1. The highest BCUT2D eigenvalue weighted by molar-refractivity contribution is 5.94. The van der Waals surface area contributed by atoms with Gasteiger partial charge in [-0.15, -0.1) is 24.8 Å². The minimum Gasteiger partial charge on any atom is -0.437 e. The van der Waals surface area contributed by atoms with E-state index in [1.165, 1.54) is 6.20 Å². The van der Waals surface area contributed by atoms with E-state index in [0.29, 0.717) is 30.3 Å². The van der Waals surface area contributed by atoms with Gasteiger partial charge in [0.05, 0.1) is 6.20 Å². The molecule has 6 nitrogen and oxygen atoms in total.